The van der Waals surface area contributed by atoms with Crippen molar-refractivity contribution in [3.05, 3.63) is 11.6 Å². The molecule has 7 heteroatoms. The summed E-state index contributed by atoms with van der Waals surface area (Å²) in [6, 6.07) is 1.72. The van der Waals surface area contributed by atoms with Gasteiger partial charge in [-0.15, -0.1) is 0 Å². The van der Waals surface area contributed by atoms with Gasteiger partial charge >= 0.3 is 5.97 Å². The van der Waals surface area contributed by atoms with Crippen LogP contribution in [-0.4, -0.2) is 44.6 Å². The first-order chi connectivity index (χ1) is 17.3. The summed E-state index contributed by atoms with van der Waals surface area (Å²) in [6.45, 7) is 13.9. The van der Waals surface area contributed by atoms with E-state index in [0.717, 1.165) is 6.42 Å². The summed E-state index contributed by atoms with van der Waals surface area (Å²) in [5.74, 6) is -2.71. The van der Waals surface area contributed by atoms with E-state index in [2.05, 4.69) is 27.7 Å². The molecule has 208 valence electrons. The smallest absolute Gasteiger partial charge is 0.309 e. The molecule has 0 spiro atoms. The molecule has 5 aliphatic carbocycles. The zero-order chi connectivity index (χ0) is 28.5. The molecule has 0 aromatic carbocycles. The lowest BCUT2D eigenvalue weighted by Gasteiger charge is -2.70. The molecular formula is C31H43NO6. The Morgan fingerprint density at radius 1 is 1.00 bits per heavy atom. The summed E-state index contributed by atoms with van der Waals surface area (Å²) in [5.41, 5.74) is -6.24. The Kier molecular flexibility index (Phi) is 5.49. The van der Waals surface area contributed by atoms with Gasteiger partial charge in [0, 0.05) is 16.7 Å². The third kappa shape index (κ3) is 2.89. The lowest BCUT2D eigenvalue weighted by Crippen LogP contribution is -2.73. The predicted octanol–water partition coefficient (Wildman–Crippen LogP) is 4.46. The minimum Gasteiger partial charge on any atom is -0.481 e. The van der Waals surface area contributed by atoms with Crippen LogP contribution in [-0.2, 0) is 14.4 Å². The van der Waals surface area contributed by atoms with Crippen molar-refractivity contribution in [2.24, 2.45) is 50.2 Å². The van der Waals surface area contributed by atoms with E-state index in [-0.39, 0.29) is 23.0 Å². The van der Waals surface area contributed by atoms with Crippen LogP contribution in [0.3, 0.4) is 0 Å². The van der Waals surface area contributed by atoms with Crippen molar-refractivity contribution in [1.82, 2.24) is 0 Å². The van der Waals surface area contributed by atoms with Crippen LogP contribution in [0.25, 0.3) is 0 Å². The molecule has 9 atom stereocenters. The fourth-order valence-corrected chi connectivity index (χ4v) is 10.5. The summed E-state index contributed by atoms with van der Waals surface area (Å²) in [6.07, 6.45) is 4.35. The Morgan fingerprint density at radius 2 is 1.61 bits per heavy atom. The molecule has 3 N–H and O–H groups in total. The maximum absolute atomic E-state index is 14.3. The first kappa shape index (κ1) is 27.5. The highest BCUT2D eigenvalue weighted by Crippen LogP contribution is 2.75. The van der Waals surface area contributed by atoms with E-state index in [0.29, 0.717) is 44.1 Å². The fourth-order valence-electron chi connectivity index (χ4n) is 10.5. The average molecular weight is 526 g/mol. The number of hydrogen-bond donors (Lipinski definition) is 3. The number of hydrogen-bond acceptors (Lipinski definition) is 6. The van der Waals surface area contributed by atoms with Gasteiger partial charge in [0.05, 0.1) is 5.41 Å². The summed E-state index contributed by atoms with van der Waals surface area (Å²) < 4.78 is 0. The molecule has 5 aliphatic rings. The Morgan fingerprint density at radius 3 is 2.18 bits per heavy atom. The third-order valence-electron chi connectivity index (χ3n) is 13.0. The van der Waals surface area contributed by atoms with Crippen molar-refractivity contribution in [2.45, 2.75) is 105 Å². The Hall–Kier alpha value is -2.04. The molecule has 9 unspecified atom stereocenters. The lowest BCUT2D eigenvalue weighted by atomic mass is 9.33. The number of fused-ring (bicyclic) bond motifs is 7. The molecule has 7 nitrogen and oxygen atoms in total. The second-order valence-electron chi connectivity index (χ2n) is 15.3. The highest BCUT2D eigenvalue weighted by molar-refractivity contribution is 5.99. The highest BCUT2D eigenvalue weighted by atomic mass is 16.4. The minimum atomic E-state index is -2.58. The number of aliphatic hydroxyl groups excluding tert-OH is 1. The van der Waals surface area contributed by atoms with Gasteiger partial charge in [0.1, 0.15) is 12.2 Å². The molecule has 0 aromatic heterocycles. The number of carbonyl (C=O) groups is 3. The van der Waals surface area contributed by atoms with Crippen LogP contribution in [0, 0.1) is 61.6 Å². The van der Waals surface area contributed by atoms with Gasteiger partial charge in [-0.05, 0) is 79.1 Å². The van der Waals surface area contributed by atoms with E-state index >= 15 is 0 Å². The number of carboxylic acids is 1. The fraction of sp³-hybridized carbons (Fsp3) is 0.806. The number of nitrogens with zero attached hydrogens (tertiary/aromatic N) is 1. The quantitative estimate of drug-likeness (QED) is 0.430. The van der Waals surface area contributed by atoms with Gasteiger partial charge in [-0.2, -0.15) is 5.26 Å². The second-order valence-corrected chi connectivity index (χ2v) is 15.3. The Labute approximate surface area is 225 Å². The number of ketones is 2. The standard InChI is InChI=1S/C31H43NO6/c1-25(2)10-12-30(24(36)37)13-11-28(6)21(17(30)15-25)18(33)14-20-27(28,5)9-8-19-26(3,4)22(34)31(38,16-32)23(35)29(19,20)7/h14,17,19,21,23,35,38H,8-13,15H2,1-7H3,(H,36,37). The molecule has 0 saturated heterocycles. The van der Waals surface area contributed by atoms with E-state index in [1.165, 1.54) is 0 Å². The van der Waals surface area contributed by atoms with Crippen molar-refractivity contribution in [2.75, 3.05) is 0 Å². The van der Waals surface area contributed by atoms with Crippen molar-refractivity contribution < 1.29 is 29.7 Å². The predicted molar refractivity (Wildman–Crippen MR) is 139 cm³/mol. The number of aliphatic hydroxyl groups is 2. The number of allylic oxidation sites excluding steroid dienone is 1. The van der Waals surface area contributed by atoms with E-state index in [1.54, 1.807) is 26.0 Å². The molecule has 0 heterocycles. The number of Topliss-reactive ketones (excluding diaryl/α,β-unsaturated/α-hetero) is 1. The van der Waals surface area contributed by atoms with Gasteiger partial charge in [-0.3, -0.25) is 14.4 Å². The average Bonchev–Trinajstić information content (AvgIpc) is 2.82. The maximum atomic E-state index is 14.3. The van der Waals surface area contributed by atoms with Crippen LogP contribution < -0.4 is 0 Å². The molecule has 0 amide bonds. The first-order valence-electron chi connectivity index (χ1n) is 14.2. The molecule has 0 aromatic rings. The topological polar surface area (TPSA) is 136 Å². The zero-order valence-corrected chi connectivity index (χ0v) is 23.9. The molecule has 38 heavy (non-hydrogen) atoms. The largest absolute Gasteiger partial charge is 0.481 e. The van der Waals surface area contributed by atoms with Crippen LogP contribution in [0.4, 0.5) is 0 Å². The SMILES string of the molecule is CC1(C)CCC2(C(=O)O)CCC3(C)C(C(=O)C=C4C5(C)C(CCC43C)C(C)(C)C(=O)C(O)(C#N)C5O)C2C1. The molecule has 5 rings (SSSR count). The zero-order valence-electron chi connectivity index (χ0n) is 23.9. The number of carboxylic acid groups (broad SMARTS) is 1. The van der Waals surface area contributed by atoms with Crippen molar-refractivity contribution >= 4 is 17.5 Å². The molecule has 0 radical (unpaired) electrons. The summed E-state index contributed by atoms with van der Waals surface area (Å²) >= 11 is 0. The van der Waals surface area contributed by atoms with Gasteiger partial charge in [0.15, 0.2) is 11.6 Å². The van der Waals surface area contributed by atoms with Gasteiger partial charge in [-0.1, -0.05) is 54.0 Å². The lowest BCUT2D eigenvalue weighted by molar-refractivity contribution is -0.213. The normalized spacial score (nSPS) is 50.9. The Bertz CT molecular complexity index is 1210. The molecule has 0 bridgehead atoms. The van der Waals surface area contributed by atoms with Crippen molar-refractivity contribution in [3.63, 3.8) is 0 Å². The van der Waals surface area contributed by atoms with E-state index in [1.807, 2.05) is 6.92 Å². The first-order valence-corrected chi connectivity index (χ1v) is 14.2. The Balaban J connectivity index is 1.72. The van der Waals surface area contributed by atoms with Gasteiger partial charge < -0.3 is 15.3 Å². The van der Waals surface area contributed by atoms with Crippen molar-refractivity contribution in [1.29, 1.82) is 5.26 Å². The van der Waals surface area contributed by atoms with Crippen LogP contribution in [0.15, 0.2) is 11.6 Å². The second kappa shape index (κ2) is 7.57. The van der Waals surface area contributed by atoms with Gasteiger partial charge in [0.2, 0.25) is 5.60 Å². The number of nitriles is 1. The number of rotatable bonds is 1. The molecule has 0 aliphatic heterocycles. The summed E-state index contributed by atoms with van der Waals surface area (Å²) in [7, 11) is 0. The highest BCUT2D eigenvalue weighted by Gasteiger charge is 2.75. The summed E-state index contributed by atoms with van der Waals surface area (Å²) in [4.78, 5) is 40.5. The molecule has 4 saturated carbocycles. The van der Waals surface area contributed by atoms with E-state index in [9.17, 15) is 35.0 Å². The number of carbonyl (C=O) groups excluding carboxylic acids is 2. The van der Waals surface area contributed by atoms with Gasteiger partial charge in [0.25, 0.3) is 0 Å². The van der Waals surface area contributed by atoms with E-state index < -0.39 is 56.5 Å². The number of aliphatic carboxylic acids is 1. The third-order valence-corrected chi connectivity index (χ3v) is 13.0. The summed E-state index contributed by atoms with van der Waals surface area (Å²) in [5, 5.41) is 43.3. The molecule has 4 fully saturated rings. The van der Waals surface area contributed by atoms with Crippen LogP contribution in [0.5, 0.6) is 0 Å². The molecular weight excluding hydrogens is 482 g/mol. The van der Waals surface area contributed by atoms with Crippen LogP contribution in [0.1, 0.15) is 93.4 Å². The maximum Gasteiger partial charge on any atom is 0.309 e. The minimum absolute atomic E-state index is 0.0656. The van der Waals surface area contributed by atoms with Crippen LogP contribution in [0.2, 0.25) is 0 Å². The monoisotopic (exact) mass is 525 g/mol. The van der Waals surface area contributed by atoms with Crippen molar-refractivity contribution in [3.8, 4) is 6.07 Å². The van der Waals surface area contributed by atoms with Crippen LogP contribution >= 0.6 is 0 Å². The van der Waals surface area contributed by atoms with Gasteiger partial charge in [-0.25, -0.2) is 0 Å². The van der Waals surface area contributed by atoms with E-state index in [4.69, 9.17) is 0 Å².